The fourth-order valence-electron chi connectivity index (χ4n) is 2.02. The number of amides is 1. The van der Waals surface area contributed by atoms with Crippen molar-refractivity contribution in [2.24, 2.45) is 5.92 Å². The Morgan fingerprint density at radius 1 is 1.25 bits per heavy atom. The molecule has 2 N–H and O–H groups in total. The van der Waals surface area contributed by atoms with Crippen LogP contribution in [0.3, 0.4) is 0 Å². The van der Waals surface area contributed by atoms with Crippen LogP contribution in [0.2, 0.25) is 5.02 Å². The molecule has 112 valence electrons. The second-order valence-electron chi connectivity index (χ2n) is 5.51. The van der Waals surface area contributed by atoms with Crippen LogP contribution in [0.4, 0.5) is 0 Å². The van der Waals surface area contributed by atoms with E-state index in [2.05, 4.69) is 19.2 Å². The minimum absolute atomic E-state index is 0.0381. The Bertz CT molecular complexity index is 432. The van der Waals surface area contributed by atoms with Crippen molar-refractivity contribution in [2.45, 2.75) is 46.0 Å². The highest BCUT2D eigenvalue weighted by molar-refractivity contribution is 6.31. The Morgan fingerprint density at radius 3 is 2.65 bits per heavy atom. The number of hydrogen-bond donors (Lipinski definition) is 2. The molecule has 0 aliphatic carbocycles. The molecule has 0 saturated carbocycles. The van der Waals surface area contributed by atoms with Crippen molar-refractivity contribution >= 4 is 17.5 Å². The van der Waals surface area contributed by atoms with E-state index in [0.29, 0.717) is 11.6 Å². The Hall–Kier alpha value is -1.22. The van der Waals surface area contributed by atoms with Gasteiger partial charge in [0, 0.05) is 11.6 Å². The SMILES string of the molecule is CC(C)CCCCCCNC(=O)c1cc(Cl)ccc1O. The van der Waals surface area contributed by atoms with Crippen LogP contribution in [-0.2, 0) is 0 Å². The van der Waals surface area contributed by atoms with Crippen LogP contribution in [0.25, 0.3) is 0 Å². The molecule has 0 aliphatic heterocycles. The fraction of sp³-hybridized carbons (Fsp3) is 0.562. The maximum atomic E-state index is 11.9. The quantitative estimate of drug-likeness (QED) is 0.700. The van der Waals surface area contributed by atoms with E-state index in [0.717, 1.165) is 18.8 Å². The highest BCUT2D eigenvalue weighted by atomic mass is 35.5. The lowest BCUT2D eigenvalue weighted by molar-refractivity contribution is 0.0950. The first-order valence-electron chi connectivity index (χ1n) is 7.27. The Balaban J connectivity index is 2.22. The topological polar surface area (TPSA) is 49.3 Å². The zero-order valence-corrected chi connectivity index (χ0v) is 13.0. The summed E-state index contributed by atoms with van der Waals surface area (Å²) in [6.07, 6.45) is 5.81. The molecule has 0 fully saturated rings. The molecule has 0 unspecified atom stereocenters. The molecule has 0 atom stereocenters. The molecule has 3 nitrogen and oxygen atoms in total. The zero-order valence-electron chi connectivity index (χ0n) is 12.3. The molecule has 1 aromatic carbocycles. The van der Waals surface area contributed by atoms with Crippen molar-refractivity contribution in [2.75, 3.05) is 6.54 Å². The predicted molar refractivity (Wildman–Crippen MR) is 83.4 cm³/mol. The molecule has 0 spiro atoms. The van der Waals surface area contributed by atoms with Crippen LogP contribution in [0.1, 0.15) is 56.3 Å². The van der Waals surface area contributed by atoms with Crippen molar-refractivity contribution in [3.63, 3.8) is 0 Å². The van der Waals surface area contributed by atoms with E-state index < -0.39 is 0 Å². The zero-order chi connectivity index (χ0) is 15.0. The van der Waals surface area contributed by atoms with Gasteiger partial charge in [0.15, 0.2) is 0 Å². The molecule has 0 aromatic heterocycles. The van der Waals surface area contributed by atoms with E-state index in [1.807, 2.05) is 0 Å². The number of nitrogens with one attached hydrogen (secondary N) is 1. The van der Waals surface area contributed by atoms with E-state index in [9.17, 15) is 9.90 Å². The smallest absolute Gasteiger partial charge is 0.255 e. The molecule has 0 heterocycles. The third-order valence-corrected chi connectivity index (χ3v) is 3.43. The minimum atomic E-state index is -0.271. The molecule has 0 radical (unpaired) electrons. The molecule has 1 amide bonds. The number of carbonyl (C=O) groups is 1. The van der Waals surface area contributed by atoms with E-state index in [1.165, 1.54) is 31.4 Å². The molecular weight excluding hydrogens is 274 g/mol. The maximum Gasteiger partial charge on any atom is 0.255 e. The third kappa shape index (κ3) is 6.29. The number of phenols is 1. The van der Waals surface area contributed by atoms with Gasteiger partial charge in [0.2, 0.25) is 0 Å². The molecule has 0 bridgehead atoms. The number of unbranched alkanes of at least 4 members (excludes halogenated alkanes) is 3. The van der Waals surface area contributed by atoms with Gasteiger partial charge in [0.1, 0.15) is 5.75 Å². The summed E-state index contributed by atoms with van der Waals surface area (Å²) in [7, 11) is 0. The fourth-order valence-corrected chi connectivity index (χ4v) is 2.19. The van der Waals surface area contributed by atoms with Crippen LogP contribution < -0.4 is 5.32 Å². The highest BCUT2D eigenvalue weighted by Crippen LogP contribution is 2.21. The lowest BCUT2D eigenvalue weighted by Gasteiger charge is -2.07. The van der Waals surface area contributed by atoms with Crippen molar-refractivity contribution < 1.29 is 9.90 Å². The monoisotopic (exact) mass is 297 g/mol. The van der Waals surface area contributed by atoms with Crippen molar-refractivity contribution in [3.8, 4) is 5.75 Å². The molecule has 0 saturated heterocycles. The van der Waals surface area contributed by atoms with E-state index >= 15 is 0 Å². The minimum Gasteiger partial charge on any atom is -0.507 e. The summed E-state index contributed by atoms with van der Waals surface area (Å²) < 4.78 is 0. The van der Waals surface area contributed by atoms with Gasteiger partial charge >= 0.3 is 0 Å². The van der Waals surface area contributed by atoms with Gasteiger partial charge in [-0.15, -0.1) is 0 Å². The van der Waals surface area contributed by atoms with Gasteiger partial charge in [0.05, 0.1) is 5.56 Å². The first-order chi connectivity index (χ1) is 9.50. The standard InChI is InChI=1S/C16H24ClNO2/c1-12(2)7-5-3-4-6-10-18-16(20)14-11-13(17)8-9-15(14)19/h8-9,11-12,19H,3-7,10H2,1-2H3,(H,18,20). The molecule has 1 rings (SSSR count). The highest BCUT2D eigenvalue weighted by Gasteiger charge is 2.10. The van der Waals surface area contributed by atoms with E-state index in [1.54, 1.807) is 6.07 Å². The van der Waals surface area contributed by atoms with Crippen LogP contribution in [0, 0.1) is 5.92 Å². The normalized spacial score (nSPS) is 10.8. The average molecular weight is 298 g/mol. The average Bonchev–Trinajstić information content (AvgIpc) is 2.39. The predicted octanol–water partition coefficient (Wildman–Crippen LogP) is 4.38. The van der Waals surface area contributed by atoms with Gasteiger partial charge in [-0.3, -0.25) is 4.79 Å². The second kappa shape index (κ2) is 8.85. The van der Waals surface area contributed by atoms with Crippen LogP contribution in [0.5, 0.6) is 5.75 Å². The number of hydrogen-bond acceptors (Lipinski definition) is 2. The number of rotatable bonds is 8. The lowest BCUT2D eigenvalue weighted by Crippen LogP contribution is -2.24. The summed E-state index contributed by atoms with van der Waals surface area (Å²) >= 11 is 5.81. The van der Waals surface area contributed by atoms with Gasteiger partial charge in [-0.2, -0.15) is 0 Å². The summed E-state index contributed by atoms with van der Waals surface area (Å²) in [5.41, 5.74) is 0.234. The van der Waals surface area contributed by atoms with Crippen LogP contribution >= 0.6 is 11.6 Å². The van der Waals surface area contributed by atoms with Gasteiger partial charge in [-0.05, 0) is 30.5 Å². The van der Waals surface area contributed by atoms with Gasteiger partial charge in [-0.25, -0.2) is 0 Å². The first-order valence-corrected chi connectivity index (χ1v) is 7.65. The first kappa shape index (κ1) is 16.8. The summed E-state index contributed by atoms with van der Waals surface area (Å²) in [5, 5.41) is 12.9. The van der Waals surface area contributed by atoms with Gasteiger partial charge in [0.25, 0.3) is 5.91 Å². The largest absolute Gasteiger partial charge is 0.507 e. The van der Waals surface area contributed by atoms with Crippen LogP contribution in [-0.4, -0.2) is 17.6 Å². The molecule has 0 aliphatic rings. The second-order valence-corrected chi connectivity index (χ2v) is 5.95. The Labute approximate surface area is 126 Å². The number of aromatic hydroxyl groups is 1. The lowest BCUT2D eigenvalue weighted by atomic mass is 10.0. The number of benzene rings is 1. The molecule has 1 aromatic rings. The molecule has 4 heteroatoms. The maximum absolute atomic E-state index is 11.9. The van der Waals surface area contributed by atoms with Crippen molar-refractivity contribution in [3.05, 3.63) is 28.8 Å². The summed E-state index contributed by atoms with van der Waals surface area (Å²) in [4.78, 5) is 11.9. The van der Waals surface area contributed by atoms with Gasteiger partial charge < -0.3 is 10.4 Å². The number of phenolic OH excluding ortho intramolecular Hbond substituents is 1. The van der Waals surface area contributed by atoms with Crippen molar-refractivity contribution in [1.29, 1.82) is 0 Å². The molecule has 20 heavy (non-hydrogen) atoms. The van der Waals surface area contributed by atoms with Gasteiger partial charge in [-0.1, -0.05) is 51.1 Å². The third-order valence-electron chi connectivity index (χ3n) is 3.20. The molecular formula is C16H24ClNO2. The number of halogens is 1. The van der Waals surface area contributed by atoms with E-state index in [4.69, 9.17) is 11.6 Å². The van der Waals surface area contributed by atoms with Crippen molar-refractivity contribution in [1.82, 2.24) is 5.32 Å². The van der Waals surface area contributed by atoms with E-state index in [-0.39, 0.29) is 17.2 Å². The summed E-state index contributed by atoms with van der Waals surface area (Å²) in [6, 6.07) is 4.47. The summed E-state index contributed by atoms with van der Waals surface area (Å²) in [6.45, 7) is 5.10. The summed E-state index contributed by atoms with van der Waals surface area (Å²) in [5.74, 6) is 0.455. The Morgan fingerprint density at radius 2 is 1.95 bits per heavy atom. The Kier molecular flexibility index (Phi) is 7.45. The van der Waals surface area contributed by atoms with Crippen LogP contribution in [0.15, 0.2) is 18.2 Å². The number of carbonyl (C=O) groups excluding carboxylic acids is 1.